The molecule has 1 heterocycles. The Morgan fingerprint density at radius 3 is 2.82 bits per heavy atom. The number of benzene rings is 1. The second-order valence-corrected chi connectivity index (χ2v) is 4.68. The number of halogens is 1. The molecule has 5 heteroatoms. The Bertz CT molecular complexity index is 502. The molecule has 1 atom stereocenters. The molecular weight excluding hydrogens is 237 g/mol. The number of rotatable bonds is 3. The van der Waals surface area contributed by atoms with Gasteiger partial charge in [-0.05, 0) is 36.8 Å². The molecule has 1 aromatic heterocycles. The molecule has 0 saturated carbocycles. The molecule has 0 saturated heterocycles. The molecule has 0 spiro atoms. The van der Waals surface area contributed by atoms with Gasteiger partial charge in [-0.15, -0.1) is 0 Å². The summed E-state index contributed by atoms with van der Waals surface area (Å²) >= 11 is 1.45. The van der Waals surface area contributed by atoms with Crippen molar-refractivity contribution in [2.45, 2.75) is 22.9 Å². The normalized spacial score (nSPS) is 12.4. The van der Waals surface area contributed by atoms with Crippen molar-refractivity contribution >= 4 is 11.8 Å². The summed E-state index contributed by atoms with van der Waals surface area (Å²) in [5, 5.41) is 0.813. The van der Waals surface area contributed by atoms with Gasteiger partial charge < -0.3 is 5.73 Å². The quantitative estimate of drug-likeness (QED) is 0.850. The molecule has 0 amide bonds. The van der Waals surface area contributed by atoms with E-state index in [0.717, 1.165) is 15.5 Å². The van der Waals surface area contributed by atoms with Crippen molar-refractivity contribution < 1.29 is 4.39 Å². The van der Waals surface area contributed by atoms with Gasteiger partial charge in [0.2, 0.25) is 0 Å². The van der Waals surface area contributed by atoms with Crippen LogP contribution < -0.4 is 5.73 Å². The smallest absolute Gasteiger partial charge is 0.123 e. The standard InChI is InChI=1S/C12H12FN3S/c1-8(14)10-6-9(13)2-3-11(10)17-12-4-5-15-7-16-12/h2-8H,14H2,1H3/t8-/m0/s1. The van der Waals surface area contributed by atoms with E-state index in [4.69, 9.17) is 5.73 Å². The minimum atomic E-state index is -0.274. The number of aromatic nitrogens is 2. The third-order valence-corrected chi connectivity index (χ3v) is 3.27. The lowest BCUT2D eigenvalue weighted by Crippen LogP contribution is -2.06. The summed E-state index contributed by atoms with van der Waals surface area (Å²) in [5.41, 5.74) is 6.61. The zero-order valence-corrected chi connectivity index (χ0v) is 10.1. The molecule has 0 aliphatic heterocycles. The third kappa shape index (κ3) is 3.01. The summed E-state index contributed by atoms with van der Waals surface area (Å²) in [6, 6.07) is 6.21. The molecule has 1 aromatic carbocycles. The van der Waals surface area contributed by atoms with Crippen molar-refractivity contribution in [3.63, 3.8) is 0 Å². The van der Waals surface area contributed by atoms with Crippen molar-refractivity contribution in [2.75, 3.05) is 0 Å². The molecular formula is C12H12FN3S. The van der Waals surface area contributed by atoms with E-state index in [9.17, 15) is 4.39 Å². The van der Waals surface area contributed by atoms with Crippen LogP contribution in [0.5, 0.6) is 0 Å². The molecule has 17 heavy (non-hydrogen) atoms. The summed E-state index contributed by atoms with van der Waals surface area (Å²) in [6.45, 7) is 1.83. The maximum atomic E-state index is 13.2. The van der Waals surface area contributed by atoms with Crippen molar-refractivity contribution in [3.05, 3.63) is 48.2 Å². The second kappa shape index (κ2) is 5.25. The fraction of sp³-hybridized carbons (Fsp3) is 0.167. The van der Waals surface area contributed by atoms with Gasteiger partial charge in [0.1, 0.15) is 17.2 Å². The summed E-state index contributed by atoms with van der Waals surface area (Å²) in [4.78, 5) is 8.88. The van der Waals surface area contributed by atoms with E-state index < -0.39 is 0 Å². The van der Waals surface area contributed by atoms with E-state index in [1.165, 1.54) is 30.2 Å². The predicted molar refractivity (Wildman–Crippen MR) is 65.2 cm³/mol. The van der Waals surface area contributed by atoms with Gasteiger partial charge in [0.15, 0.2) is 0 Å². The fourth-order valence-electron chi connectivity index (χ4n) is 1.42. The molecule has 0 fully saturated rings. The topological polar surface area (TPSA) is 51.8 Å². The van der Waals surface area contributed by atoms with Gasteiger partial charge in [-0.3, -0.25) is 0 Å². The molecule has 0 unspecified atom stereocenters. The molecule has 0 aliphatic rings. The Kier molecular flexibility index (Phi) is 3.71. The van der Waals surface area contributed by atoms with Gasteiger partial charge in [-0.2, -0.15) is 0 Å². The van der Waals surface area contributed by atoms with Gasteiger partial charge in [0.05, 0.1) is 0 Å². The highest BCUT2D eigenvalue weighted by atomic mass is 32.2. The number of hydrogen-bond acceptors (Lipinski definition) is 4. The first kappa shape index (κ1) is 12.0. The van der Waals surface area contributed by atoms with Crippen molar-refractivity contribution in [1.82, 2.24) is 9.97 Å². The third-order valence-electron chi connectivity index (χ3n) is 2.23. The Balaban J connectivity index is 2.33. The molecule has 2 N–H and O–H groups in total. The highest BCUT2D eigenvalue weighted by Crippen LogP contribution is 2.31. The van der Waals surface area contributed by atoms with Crippen LogP contribution in [-0.2, 0) is 0 Å². The van der Waals surface area contributed by atoms with Gasteiger partial charge in [0, 0.05) is 17.1 Å². The predicted octanol–water partition coefficient (Wildman–Crippen LogP) is 2.79. The van der Waals surface area contributed by atoms with Crippen LogP contribution in [0.1, 0.15) is 18.5 Å². The van der Waals surface area contributed by atoms with Crippen molar-refractivity contribution in [1.29, 1.82) is 0 Å². The largest absolute Gasteiger partial charge is 0.324 e. The lowest BCUT2D eigenvalue weighted by molar-refractivity contribution is 0.619. The van der Waals surface area contributed by atoms with Crippen molar-refractivity contribution in [2.24, 2.45) is 5.73 Å². The van der Waals surface area contributed by atoms with Crippen LogP contribution in [0.15, 0.2) is 46.7 Å². The molecule has 2 aromatic rings. The highest BCUT2D eigenvalue weighted by Gasteiger charge is 2.10. The Morgan fingerprint density at radius 2 is 2.18 bits per heavy atom. The Morgan fingerprint density at radius 1 is 1.35 bits per heavy atom. The fourth-order valence-corrected chi connectivity index (χ4v) is 2.37. The first-order chi connectivity index (χ1) is 8.16. The summed E-state index contributed by atoms with van der Waals surface area (Å²) < 4.78 is 13.2. The van der Waals surface area contributed by atoms with Crippen LogP contribution in [0, 0.1) is 5.82 Å². The first-order valence-electron chi connectivity index (χ1n) is 5.15. The van der Waals surface area contributed by atoms with E-state index in [1.807, 2.05) is 6.92 Å². The number of hydrogen-bond donors (Lipinski definition) is 1. The van der Waals surface area contributed by atoms with E-state index >= 15 is 0 Å². The molecule has 3 nitrogen and oxygen atoms in total. The Hall–Kier alpha value is -1.46. The van der Waals surface area contributed by atoms with Crippen LogP contribution >= 0.6 is 11.8 Å². The van der Waals surface area contributed by atoms with Crippen molar-refractivity contribution in [3.8, 4) is 0 Å². The minimum Gasteiger partial charge on any atom is -0.324 e. The summed E-state index contributed by atoms with van der Waals surface area (Å²) in [7, 11) is 0. The first-order valence-corrected chi connectivity index (χ1v) is 5.97. The van der Waals surface area contributed by atoms with Gasteiger partial charge in [0.25, 0.3) is 0 Å². The lowest BCUT2D eigenvalue weighted by Gasteiger charge is -2.11. The summed E-state index contributed by atoms with van der Waals surface area (Å²) in [5.74, 6) is -0.274. The molecule has 0 aliphatic carbocycles. The van der Waals surface area contributed by atoms with E-state index in [2.05, 4.69) is 9.97 Å². The number of nitrogens with two attached hydrogens (primary N) is 1. The Labute approximate surface area is 103 Å². The average molecular weight is 249 g/mol. The molecule has 0 bridgehead atoms. The lowest BCUT2D eigenvalue weighted by atomic mass is 10.1. The molecule has 88 valence electrons. The highest BCUT2D eigenvalue weighted by molar-refractivity contribution is 7.99. The van der Waals surface area contributed by atoms with E-state index in [0.29, 0.717) is 0 Å². The van der Waals surface area contributed by atoms with Crippen LogP contribution in [0.4, 0.5) is 4.39 Å². The monoisotopic (exact) mass is 249 g/mol. The average Bonchev–Trinajstić information content (AvgIpc) is 2.32. The van der Waals surface area contributed by atoms with Crippen LogP contribution in [0.2, 0.25) is 0 Å². The van der Waals surface area contributed by atoms with E-state index in [-0.39, 0.29) is 11.9 Å². The minimum absolute atomic E-state index is 0.213. The number of nitrogens with zero attached hydrogens (tertiary/aromatic N) is 2. The van der Waals surface area contributed by atoms with E-state index in [1.54, 1.807) is 18.3 Å². The maximum absolute atomic E-state index is 13.2. The SMILES string of the molecule is C[C@H](N)c1cc(F)ccc1Sc1ccncn1. The summed E-state index contributed by atoms with van der Waals surface area (Å²) in [6.07, 6.45) is 3.15. The maximum Gasteiger partial charge on any atom is 0.123 e. The molecule has 2 rings (SSSR count). The second-order valence-electron chi connectivity index (χ2n) is 3.62. The molecule has 0 radical (unpaired) electrons. The van der Waals surface area contributed by atoms with Crippen LogP contribution in [0.3, 0.4) is 0 Å². The van der Waals surface area contributed by atoms with Gasteiger partial charge in [-0.1, -0.05) is 11.8 Å². The zero-order valence-electron chi connectivity index (χ0n) is 9.30. The van der Waals surface area contributed by atoms with Gasteiger partial charge >= 0.3 is 0 Å². The van der Waals surface area contributed by atoms with Gasteiger partial charge in [-0.25, -0.2) is 14.4 Å². The zero-order chi connectivity index (χ0) is 12.3. The van der Waals surface area contributed by atoms with Crippen LogP contribution in [-0.4, -0.2) is 9.97 Å². The van der Waals surface area contributed by atoms with Crippen LogP contribution in [0.25, 0.3) is 0 Å².